The second kappa shape index (κ2) is 9.65. The molecule has 2 amide bonds. The van der Waals surface area contributed by atoms with Crippen LogP contribution in [0.3, 0.4) is 0 Å². The van der Waals surface area contributed by atoms with E-state index in [1.165, 1.54) is 36.8 Å². The molecule has 0 atom stereocenters. The largest absolute Gasteiger partial charge is 0.349 e. The average molecular weight is 420 g/mol. The molecule has 5 nitrogen and oxygen atoms in total. The van der Waals surface area contributed by atoms with Crippen molar-refractivity contribution in [1.29, 1.82) is 0 Å². The quantitative estimate of drug-likeness (QED) is 0.753. The molecule has 0 spiro atoms. The number of likely N-dealkylation sites (tertiary alicyclic amines) is 1. The summed E-state index contributed by atoms with van der Waals surface area (Å²) >= 11 is 0. The smallest absolute Gasteiger partial charge is 0.251 e. The number of carbonyl (C=O) groups excluding carboxylic acids is 2. The first-order valence-corrected chi connectivity index (χ1v) is 11.4. The highest BCUT2D eigenvalue weighted by Gasteiger charge is 2.35. The predicted molar refractivity (Wildman–Crippen MR) is 123 cm³/mol. The molecule has 31 heavy (non-hydrogen) atoms. The summed E-state index contributed by atoms with van der Waals surface area (Å²) in [6, 6.07) is 17.2. The molecule has 2 N–H and O–H groups in total. The maximum absolute atomic E-state index is 12.2. The minimum Gasteiger partial charge on any atom is -0.349 e. The predicted octanol–water partition coefficient (Wildman–Crippen LogP) is 3.56. The Labute approximate surface area is 185 Å². The lowest BCUT2D eigenvalue weighted by atomic mass is 9.80. The summed E-state index contributed by atoms with van der Waals surface area (Å²) < 4.78 is 0. The Morgan fingerprint density at radius 1 is 0.935 bits per heavy atom. The molecular weight excluding hydrogens is 386 g/mol. The van der Waals surface area contributed by atoms with Gasteiger partial charge in [-0.25, -0.2) is 0 Å². The zero-order chi connectivity index (χ0) is 21.8. The highest BCUT2D eigenvalue weighted by molar-refractivity contribution is 5.96. The van der Waals surface area contributed by atoms with Crippen molar-refractivity contribution in [2.75, 3.05) is 19.6 Å². The van der Waals surface area contributed by atoms with E-state index >= 15 is 0 Å². The molecule has 4 rings (SSSR count). The van der Waals surface area contributed by atoms with Crippen molar-refractivity contribution in [3.05, 3.63) is 70.8 Å². The van der Waals surface area contributed by atoms with Crippen molar-refractivity contribution >= 4 is 11.8 Å². The van der Waals surface area contributed by atoms with E-state index in [0.717, 1.165) is 18.7 Å². The standard InChI is InChI=1S/C26H33N3O2/c1-18-6-8-20(9-7-18)21-10-12-24(13-11-21)29-16-23(17-29)28-25(30)15-27-26(31)22-5-3-4-19(2)14-22/h3-9,14,21,23-24H,10-13,15-17H2,1-2H3,(H,27,31)(H,28,30)/t21-,24+. The van der Waals surface area contributed by atoms with Gasteiger partial charge in [0.15, 0.2) is 0 Å². The van der Waals surface area contributed by atoms with E-state index in [9.17, 15) is 9.59 Å². The lowest BCUT2D eigenvalue weighted by Crippen LogP contribution is -2.63. The van der Waals surface area contributed by atoms with Crippen molar-refractivity contribution in [3.8, 4) is 0 Å². The molecule has 2 aromatic carbocycles. The molecule has 1 heterocycles. The van der Waals surface area contributed by atoms with Gasteiger partial charge in [-0.15, -0.1) is 0 Å². The number of rotatable bonds is 6. The van der Waals surface area contributed by atoms with Gasteiger partial charge in [0.1, 0.15) is 0 Å². The maximum Gasteiger partial charge on any atom is 0.251 e. The zero-order valence-corrected chi connectivity index (χ0v) is 18.6. The van der Waals surface area contributed by atoms with E-state index in [1.807, 2.05) is 25.1 Å². The van der Waals surface area contributed by atoms with Crippen LogP contribution in [0.5, 0.6) is 0 Å². The third kappa shape index (κ3) is 5.53. The van der Waals surface area contributed by atoms with Crippen LogP contribution in [0.1, 0.15) is 58.6 Å². The van der Waals surface area contributed by atoms with Crippen molar-refractivity contribution in [2.45, 2.75) is 57.5 Å². The number of hydrogen-bond donors (Lipinski definition) is 2. The zero-order valence-electron chi connectivity index (χ0n) is 18.6. The van der Waals surface area contributed by atoms with Gasteiger partial charge < -0.3 is 10.6 Å². The minimum absolute atomic E-state index is 0.0188. The Hall–Kier alpha value is -2.66. The van der Waals surface area contributed by atoms with Crippen LogP contribution in [-0.2, 0) is 4.79 Å². The van der Waals surface area contributed by atoms with Crippen LogP contribution in [0.2, 0.25) is 0 Å². The summed E-state index contributed by atoms with van der Waals surface area (Å²) in [4.78, 5) is 26.9. The van der Waals surface area contributed by atoms with Gasteiger partial charge in [0, 0.05) is 24.7 Å². The maximum atomic E-state index is 12.2. The highest BCUT2D eigenvalue weighted by Crippen LogP contribution is 2.36. The Bertz CT molecular complexity index is 911. The summed E-state index contributed by atoms with van der Waals surface area (Å²) in [5.74, 6) is 0.360. The molecule has 2 fully saturated rings. The van der Waals surface area contributed by atoms with E-state index < -0.39 is 0 Å². The first-order valence-electron chi connectivity index (χ1n) is 11.4. The summed E-state index contributed by atoms with van der Waals surface area (Å²) in [6.45, 7) is 5.93. The Kier molecular flexibility index (Phi) is 6.71. The molecule has 0 radical (unpaired) electrons. The first-order chi connectivity index (χ1) is 15.0. The van der Waals surface area contributed by atoms with Crippen LogP contribution in [0.15, 0.2) is 48.5 Å². The van der Waals surface area contributed by atoms with Gasteiger partial charge in [0.05, 0.1) is 12.6 Å². The van der Waals surface area contributed by atoms with Crippen molar-refractivity contribution in [2.24, 2.45) is 0 Å². The van der Waals surface area contributed by atoms with Crippen LogP contribution < -0.4 is 10.6 Å². The van der Waals surface area contributed by atoms with Crippen LogP contribution in [0.4, 0.5) is 0 Å². The molecule has 164 valence electrons. The SMILES string of the molecule is Cc1ccc([C@H]2CC[C@@H](N3CC(NC(=O)CNC(=O)c4cccc(C)c4)C3)CC2)cc1. The van der Waals surface area contributed by atoms with Crippen LogP contribution >= 0.6 is 0 Å². The van der Waals surface area contributed by atoms with Gasteiger partial charge >= 0.3 is 0 Å². The highest BCUT2D eigenvalue weighted by atomic mass is 16.2. The fourth-order valence-corrected chi connectivity index (χ4v) is 4.84. The number of nitrogens with zero attached hydrogens (tertiary/aromatic N) is 1. The first kappa shape index (κ1) is 21.6. The number of hydrogen-bond acceptors (Lipinski definition) is 3. The van der Waals surface area contributed by atoms with Crippen molar-refractivity contribution in [3.63, 3.8) is 0 Å². The second-order valence-electron chi connectivity index (χ2n) is 9.19. The van der Waals surface area contributed by atoms with Gasteiger partial charge in [-0.05, 0) is 63.1 Å². The summed E-state index contributed by atoms with van der Waals surface area (Å²) in [6.07, 6.45) is 4.94. The molecular formula is C26H33N3O2. The third-order valence-corrected chi connectivity index (χ3v) is 6.73. The van der Waals surface area contributed by atoms with E-state index in [2.05, 4.69) is 46.7 Å². The van der Waals surface area contributed by atoms with Crippen LogP contribution in [0, 0.1) is 13.8 Å². The van der Waals surface area contributed by atoms with Crippen LogP contribution in [0.25, 0.3) is 0 Å². The second-order valence-corrected chi connectivity index (χ2v) is 9.19. The van der Waals surface area contributed by atoms with E-state index in [0.29, 0.717) is 17.5 Å². The monoisotopic (exact) mass is 419 g/mol. The number of benzene rings is 2. The van der Waals surface area contributed by atoms with E-state index in [1.54, 1.807) is 6.07 Å². The molecule has 1 aliphatic carbocycles. The molecule has 5 heteroatoms. The summed E-state index contributed by atoms with van der Waals surface area (Å²) in [5, 5.41) is 5.76. The minimum atomic E-state index is -0.209. The fourth-order valence-electron chi connectivity index (χ4n) is 4.84. The van der Waals surface area contributed by atoms with Gasteiger partial charge in [0.2, 0.25) is 5.91 Å². The van der Waals surface area contributed by atoms with E-state index in [-0.39, 0.29) is 24.4 Å². The molecule has 1 aliphatic heterocycles. The third-order valence-electron chi connectivity index (χ3n) is 6.73. The Morgan fingerprint density at radius 2 is 1.65 bits per heavy atom. The lowest BCUT2D eigenvalue weighted by Gasteiger charge is -2.46. The van der Waals surface area contributed by atoms with Crippen molar-refractivity contribution < 1.29 is 9.59 Å². The molecule has 0 unspecified atom stereocenters. The molecule has 0 aromatic heterocycles. The molecule has 2 aromatic rings. The number of carbonyl (C=O) groups is 2. The summed E-state index contributed by atoms with van der Waals surface area (Å²) in [7, 11) is 0. The number of amides is 2. The number of aryl methyl sites for hydroxylation is 2. The van der Waals surface area contributed by atoms with Crippen LogP contribution in [-0.4, -0.2) is 48.4 Å². The molecule has 2 aliphatic rings. The van der Waals surface area contributed by atoms with Gasteiger partial charge in [-0.3, -0.25) is 14.5 Å². The Morgan fingerprint density at radius 3 is 2.32 bits per heavy atom. The van der Waals surface area contributed by atoms with Gasteiger partial charge in [-0.2, -0.15) is 0 Å². The number of nitrogens with one attached hydrogen (secondary N) is 2. The van der Waals surface area contributed by atoms with Gasteiger partial charge in [-0.1, -0.05) is 47.5 Å². The normalized spacial score (nSPS) is 21.9. The van der Waals surface area contributed by atoms with Crippen molar-refractivity contribution in [1.82, 2.24) is 15.5 Å². The lowest BCUT2D eigenvalue weighted by molar-refractivity contribution is -0.122. The van der Waals surface area contributed by atoms with E-state index in [4.69, 9.17) is 0 Å². The topological polar surface area (TPSA) is 61.4 Å². The average Bonchev–Trinajstić information content (AvgIpc) is 2.75. The molecule has 0 bridgehead atoms. The Balaban J connectivity index is 1.14. The molecule has 1 saturated carbocycles. The molecule has 1 saturated heterocycles. The summed E-state index contributed by atoms with van der Waals surface area (Å²) in [5.41, 5.74) is 4.41. The van der Waals surface area contributed by atoms with Gasteiger partial charge in [0.25, 0.3) is 5.91 Å². The fraction of sp³-hybridized carbons (Fsp3) is 0.462.